The molecule has 0 aromatic rings. The Bertz CT molecular complexity index is 257. The quantitative estimate of drug-likeness (QED) is 0.669. The Kier molecular flexibility index (Phi) is 1.66. The zero-order valence-electron chi connectivity index (χ0n) is 8.63. The Morgan fingerprint density at radius 1 is 1.46 bits per heavy atom. The van der Waals surface area contributed by atoms with Crippen molar-refractivity contribution in [1.29, 1.82) is 0 Å². The van der Waals surface area contributed by atoms with Crippen LogP contribution in [0.3, 0.4) is 0 Å². The Labute approximate surface area is 79.3 Å². The molecule has 1 N–H and O–H groups in total. The fraction of sp³-hybridized carbons (Fsp3) is 0.909. The number of aliphatic hydroxyl groups excluding tert-OH is 1. The van der Waals surface area contributed by atoms with Crippen molar-refractivity contribution in [2.24, 2.45) is 22.7 Å². The maximum absolute atomic E-state index is 12.0. The molecule has 2 aliphatic carbocycles. The second-order valence-electron chi connectivity index (χ2n) is 5.35. The third kappa shape index (κ3) is 0.804. The lowest BCUT2D eigenvalue weighted by Gasteiger charge is -2.32. The second-order valence-corrected chi connectivity index (χ2v) is 5.35. The molecular weight excluding hydrogens is 164 g/mol. The highest BCUT2D eigenvalue weighted by Gasteiger charge is 2.65. The van der Waals surface area contributed by atoms with Crippen LogP contribution in [0.15, 0.2) is 0 Å². The van der Waals surface area contributed by atoms with Gasteiger partial charge in [-0.1, -0.05) is 20.8 Å². The summed E-state index contributed by atoms with van der Waals surface area (Å²) < 4.78 is 0. The van der Waals surface area contributed by atoms with Crippen LogP contribution in [0.5, 0.6) is 0 Å². The average molecular weight is 182 g/mol. The van der Waals surface area contributed by atoms with Gasteiger partial charge >= 0.3 is 0 Å². The first-order valence-electron chi connectivity index (χ1n) is 5.10. The number of Topliss-reactive ketones (excluding diaryl/α,β-unsaturated/α-hetero) is 1. The number of hydrogen-bond donors (Lipinski definition) is 1. The van der Waals surface area contributed by atoms with Gasteiger partial charge in [0, 0.05) is 11.3 Å². The number of rotatable bonds is 1. The molecule has 0 spiro atoms. The van der Waals surface area contributed by atoms with E-state index in [2.05, 4.69) is 20.8 Å². The van der Waals surface area contributed by atoms with E-state index in [4.69, 9.17) is 0 Å². The first-order chi connectivity index (χ1) is 5.95. The Morgan fingerprint density at radius 3 is 2.38 bits per heavy atom. The fourth-order valence-corrected chi connectivity index (χ4v) is 3.48. The van der Waals surface area contributed by atoms with Gasteiger partial charge in [0.05, 0.1) is 6.61 Å². The number of ketones is 1. The van der Waals surface area contributed by atoms with Gasteiger partial charge in [-0.25, -0.2) is 0 Å². The van der Waals surface area contributed by atoms with E-state index in [0.29, 0.717) is 11.7 Å². The van der Waals surface area contributed by atoms with Gasteiger partial charge in [-0.05, 0) is 24.2 Å². The van der Waals surface area contributed by atoms with Gasteiger partial charge in [0.15, 0.2) is 0 Å². The minimum atomic E-state index is -0.162. The number of carbonyl (C=O) groups is 1. The van der Waals surface area contributed by atoms with Crippen LogP contribution in [-0.2, 0) is 4.79 Å². The predicted octanol–water partition coefficient (Wildman–Crippen LogP) is 1.62. The smallest absolute Gasteiger partial charge is 0.144 e. The zero-order valence-corrected chi connectivity index (χ0v) is 8.63. The van der Waals surface area contributed by atoms with E-state index in [1.807, 2.05) is 0 Å². The van der Waals surface area contributed by atoms with Crippen LogP contribution in [0.25, 0.3) is 0 Å². The topological polar surface area (TPSA) is 37.3 Å². The summed E-state index contributed by atoms with van der Waals surface area (Å²) in [7, 11) is 0. The van der Waals surface area contributed by atoms with Gasteiger partial charge in [-0.15, -0.1) is 0 Å². The zero-order chi connectivity index (χ0) is 9.85. The summed E-state index contributed by atoms with van der Waals surface area (Å²) in [5.74, 6) is 0.639. The molecular formula is C11H18O2. The lowest BCUT2D eigenvalue weighted by molar-refractivity contribution is -0.132. The molecule has 2 heteroatoms. The van der Waals surface area contributed by atoms with Crippen molar-refractivity contribution >= 4 is 5.78 Å². The van der Waals surface area contributed by atoms with Crippen molar-refractivity contribution in [3.63, 3.8) is 0 Å². The molecule has 74 valence electrons. The average Bonchev–Trinajstić information content (AvgIpc) is 2.36. The molecule has 0 heterocycles. The molecule has 2 nitrogen and oxygen atoms in total. The number of aliphatic hydroxyl groups is 1. The van der Waals surface area contributed by atoms with Crippen LogP contribution in [-0.4, -0.2) is 17.5 Å². The minimum Gasteiger partial charge on any atom is -0.396 e. The van der Waals surface area contributed by atoms with Crippen molar-refractivity contribution in [2.75, 3.05) is 6.61 Å². The predicted molar refractivity (Wildman–Crippen MR) is 50.2 cm³/mol. The standard InChI is InChI=1S/C11H18O2/c1-10(2)8-4-5-11(10,3)9(13)7(8)6-12/h7-8,12H,4-6H2,1-3H3/t7-,8-,11+/m1/s1. The van der Waals surface area contributed by atoms with Crippen LogP contribution in [0.1, 0.15) is 33.6 Å². The molecule has 0 aromatic carbocycles. The van der Waals surface area contributed by atoms with Crippen molar-refractivity contribution in [3.8, 4) is 0 Å². The van der Waals surface area contributed by atoms with Crippen LogP contribution >= 0.6 is 0 Å². The molecule has 13 heavy (non-hydrogen) atoms. The number of hydrogen-bond acceptors (Lipinski definition) is 2. The Balaban J connectivity index is 2.44. The van der Waals surface area contributed by atoms with Crippen LogP contribution in [0.2, 0.25) is 0 Å². The van der Waals surface area contributed by atoms with Crippen molar-refractivity contribution in [2.45, 2.75) is 33.6 Å². The van der Waals surface area contributed by atoms with Crippen LogP contribution < -0.4 is 0 Å². The van der Waals surface area contributed by atoms with Crippen LogP contribution in [0, 0.1) is 22.7 Å². The van der Waals surface area contributed by atoms with Gasteiger partial charge in [-0.3, -0.25) is 4.79 Å². The van der Waals surface area contributed by atoms with E-state index < -0.39 is 0 Å². The van der Waals surface area contributed by atoms with Gasteiger partial charge in [0.25, 0.3) is 0 Å². The first kappa shape index (κ1) is 9.20. The largest absolute Gasteiger partial charge is 0.396 e. The maximum Gasteiger partial charge on any atom is 0.144 e. The summed E-state index contributed by atoms with van der Waals surface area (Å²) in [5.41, 5.74) is -0.0669. The monoisotopic (exact) mass is 182 g/mol. The maximum atomic E-state index is 12.0. The number of fused-ring (bicyclic) bond motifs is 2. The highest BCUT2D eigenvalue weighted by molar-refractivity contribution is 5.91. The van der Waals surface area contributed by atoms with Gasteiger partial charge < -0.3 is 5.11 Å². The molecule has 2 saturated carbocycles. The normalized spacial score (nSPS) is 47.2. The summed E-state index contributed by atoms with van der Waals surface area (Å²) >= 11 is 0. The van der Waals surface area contributed by atoms with Gasteiger partial charge in [0.2, 0.25) is 0 Å². The van der Waals surface area contributed by atoms with E-state index in [1.165, 1.54) is 0 Å². The lowest BCUT2D eigenvalue weighted by Crippen LogP contribution is -2.34. The summed E-state index contributed by atoms with van der Waals surface area (Å²) in [4.78, 5) is 12.0. The van der Waals surface area contributed by atoms with Gasteiger partial charge in [0.1, 0.15) is 5.78 Å². The summed E-state index contributed by atoms with van der Waals surface area (Å²) in [6, 6.07) is 0. The Morgan fingerprint density at radius 2 is 2.08 bits per heavy atom. The van der Waals surface area contributed by atoms with Crippen molar-refractivity contribution < 1.29 is 9.90 Å². The fourth-order valence-electron chi connectivity index (χ4n) is 3.48. The molecule has 0 aliphatic heterocycles. The Hall–Kier alpha value is -0.370. The van der Waals surface area contributed by atoms with E-state index >= 15 is 0 Å². The summed E-state index contributed by atoms with van der Waals surface area (Å²) in [6.45, 7) is 6.48. The lowest BCUT2D eigenvalue weighted by atomic mass is 9.70. The van der Waals surface area contributed by atoms with E-state index in [-0.39, 0.29) is 23.4 Å². The number of carbonyl (C=O) groups excluding carboxylic acids is 1. The molecule has 3 atom stereocenters. The van der Waals surface area contributed by atoms with E-state index in [9.17, 15) is 9.90 Å². The third-order valence-corrected chi connectivity index (χ3v) is 4.87. The molecule has 0 aromatic heterocycles. The van der Waals surface area contributed by atoms with E-state index in [1.54, 1.807) is 0 Å². The molecule has 0 radical (unpaired) electrons. The SMILES string of the molecule is CC1(C)[C@@H]2CC[C@@]1(C)C(=O)[C@@H]2CO. The first-order valence-corrected chi connectivity index (χ1v) is 5.10. The molecule has 2 rings (SSSR count). The molecule has 0 saturated heterocycles. The molecule has 2 aliphatic rings. The molecule has 0 unspecified atom stereocenters. The minimum absolute atomic E-state index is 0.0442. The molecule has 2 fully saturated rings. The van der Waals surface area contributed by atoms with E-state index in [0.717, 1.165) is 12.8 Å². The highest BCUT2D eigenvalue weighted by atomic mass is 16.3. The second kappa shape index (κ2) is 2.35. The summed E-state index contributed by atoms with van der Waals surface area (Å²) in [5, 5.41) is 9.18. The van der Waals surface area contributed by atoms with Crippen LogP contribution in [0.4, 0.5) is 0 Å². The summed E-state index contributed by atoms with van der Waals surface area (Å²) in [6.07, 6.45) is 2.13. The molecule has 2 bridgehead atoms. The van der Waals surface area contributed by atoms with Crippen molar-refractivity contribution in [3.05, 3.63) is 0 Å². The highest BCUT2D eigenvalue weighted by Crippen LogP contribution is 2.65. The molecule has 0 amide bonds. The van der Waals surface area contributed by atoms with Gasteiger partial charge in [-0.2, -0.15) is 0 Å². The van der Waals surface area contributed by atoms with Crippen molar-refractivity contribution in [1.82, 2.24) is 0 Å². The third-order valence-electron chi connectivity index (χ3n) is 4.87.